The largest absolute Gasteiger partial charge is 0.481 e. The number of rotatable bonds is 10. The van der Waals surface area contributed by atoms with E-state index in [4.69, 9.17) is 20.3 Å². The van der Waals surface area contributed by atoms with Crippen LogP contribution in [0.15, 0.2) is 0 Å². The van der Waals surface area contributed by atoms with Gasteiger partial charge >= 0.3 is 17.9 Å². The Morgan fingerprint density at radius 3 is 1.83 bits per heavy atom. The van der Waals surface area contributed by atoms with Crippen LogP contribution in [0.4, 0.5) is 0 Å². The standard InChI is InChI=1S/C17H31NO6/c1-9(2)7-12(8-13(19)20)14(18)16(22)24-17(11(5)6)23-15(21)10(3)4/h9-12,14,17H,7-8,18H2,1-6H3,(H,19,20). The quantitative estimate of drug-likeness (QED) is 0.460. The van der Waals surface area contributed by atoms with E-state index in [-0.39, 0.29) is 24.2 Å². The predicted octanol–water partition coefficient (Wildman–Crippen LogP) is 2.18. The molecule has 0 saturated heterocycles. The molecule has 3 N–H and O–H groups in total. The van der Waals surface area contributed by atoms with Gasteiger partial charge in [-0.15, -0.1) is 0 Å². The second-order valence-corrected chi connectivity index (χ2v) is 7.15. The topological polar surface area (TPSA) is 116 Å². The van der Waals surface area contributed by atoms with Gasteiger partial charge in [0.2, 0.25) is 6.29 Å². The molecular weight excluding hydrogens is 314 g/mol. The van der Waals surface area contributed by atoms with Crippen LogP contribution in [0.3, 0.4) is 0 Å². The SMILES string of the molecule is CC(C)CC(CC(=O)O)C(N)C(=O)OC(OC(=O)C(C)C)C(C)C. The zero-order valence-electron chi connectivity index (χ0n) is 15.4. The van der Waals surface area contributed by atoms with Crippen LogP contribution in [0.1, 0.15) is 54.4 Å². The molecule has 0 aromatic rings. The van der Waals surface area contributed by atoms with E-state index in [1.807, 2.05) is 13.8 Å². The molecule has 0 spiro atoms. The summed E-state index contributed by atoms with van der Waals surface area (Å²) in [4.78, 5) is 35.0. The number of hydrogen-bond acceptors (Lipinski definition) is 6. The Bertz CT molecular complexity index is 433. The monoisotopic (exact) mass is 345 g/mol. The maximum Gasteiger partial charge on any atom is 0.326 e. The van der Waals surface area contributed by atoms with Crippen molar-refractivity contribution in [2.45, 2.75) is 66.7 Å². The molecule has 0 heterocycles. The fraction of sp³-hybridized carbons (Fsp3) is 0.824. The van der Waals surface area contributed by atoms with E-state index in [0.29, 0.717) is 6.42 Å². The first kappa shape index (κ1) is 22.4. The van der Waals surface area contributed by atoms with Gasteiger partial charge in [-0.05, 0) is 18.3 Å². The summed E-state index contributed by atoms with van der Waals surface area (Å²) in [6, 6.07) is -1.08. The third-order valence-electron chi connectivity index (χ3n) is 3.47. The fourth-order valence-electron chi connectivity index (χ4n) is 2.12. The van der Waals surface area contributed by atoms with Crippen LogP contribution in [0, 0.1) is 23.7 Å². The second kappa shape index (κ2) is 10.3. The van der Waals surface area contributed by atoms with E-state index in [1.165, 1.54) is 0 Å². The van der Waals surface area contributed by atoms with Crippen molar-refractivity contribution >= 4 is 17.9 Å². The lowest BCUT2D eigenvalue weighted by molar-refractivity contribution is -0.199. The van der Waals surface area contributed by atoms with E-state index in [0.717, 1.165) is 0 Å². The van der Waals surface area contributed by atoms with Crippen molar-refractivity contribution in [1.82, 2.24) is 0 Å². The molecule has 0 aliphatic rings. The van der Waals surface area contributed by atoms with Crippen molar-refractivity contribution in [3.8, 4) is 0 Å². The summed E-state index contributed by atoms with van der Waals surface area (Å²) in [5.74, 6) is -3.19. The van der Waals surface area contributed by atoms with Gasteiger partial charge in [-0.1, -0.05) is 41.5 Å². The number of carboxylic acids is 1. The van der Waals surface area contributed by atoms with E-state index < -0.39 is 36.2 Å². The molecule has 0 rings (SSSR count). The lowest BCUT2D eigenvalue weighted by Gasteiger charge is -2.27. The minimum absolute atomic E-state index is 0.188. The summed E-state index contributed by atoms with van der Waals surface area (Å²) in [5.41, 5.74) is 5.92. The van der Waals surface area contributed by atoms with Gasteiger partial charge in [0, 0.05) is 5.92 Å². The molecule has 0 saturated carbocycles. The first-order valence-electron chi connectivity index (χ1n) is 8.34. The first-order chi connectivity index (χ1) is 11.0. The highest BCUT2D eigenvalue weighted by Crippen LogP contribution is 2.21. The molecule has 0 aliphatic heterocycles. The Morgan fingerprint density at radius 1 is 0.958 bits per heavy atom. The van der Waals surface area contributed by atoms with Crippen LogP contribution >= 0.6 is 0 Å². The molecular formula is C17H31NO6. The van der Waals surface area contributed by atoms with Crippen molar-refractivity contribution in [2.24, 2.45) is 29.4 Å². The van der Waals surface area contributed by atoms with E-state index in [9.17, 15) is 14.4 Å². The third kappa shape index (κ3) is 8.29. The zero-order valence-corrected chi connectivity index (χ0v) is 15.4. The lowest BCUT2D eigenvalue weighted by atomic mass is 9.88. The number of carboxylic acid groups (broad SMARTS) is 1. The minimum Gasteiger partial charge on any atom is -0.481 e. The zero-order chi connectivity index (χ0) is 19.0. The molecule has 0 aromatic carbocycles. The third-order valence-corrected chi connectivity index (χ3v) is 3.47. The molecule has 0 radical (unpaired) electrons. The molecule has 0 aromatic heterocycles. The molecule has 0 bridgehead atoms. The van der Waals surface area contributed by atoms with Gasteiger partial charge < -0.3 is 20.3 Å². The summed E-state index contributed by atoms with van der Waals surface area (Å²) in [7, 11) is 0. The summed E-state index contributed by atoms with van der Waals surface area (Å²) in [6.45, 7) is 10.7. The Morgan fingerprint density at radius 2 is 1.46 bits per heavy atom. The van der Waals surface area contributed by atoms with E-state index >= 15 is 0 Å². The first-order valence-corrected chi connectivity index (χ1v) is 8.34. The van der Waals surface area contributed by atoms with Crippen LogP contribution in [-0.2, 0) is 23.9 Å². The van der Waals surface area contributed by atoms with Crippen molar-refractivity contribution in [1.29, 1.82) is 0 Å². The molecule has 3 atom stereocenters. The van der Waals surface area contributed by atoms with Crippen molar-refractivity contribution in [3.05, 3.63) is 0 Å². The maximum atomic E-state index is 12.3. The van der Waals surface area contributed by atoms with Crippen LogP contribution in [0.2, 0.25) is 0 Å². The Balaban J connectivity index is 4.98. The highest BCUT2D eigenvalue weighted by molar-refractivity contribution is 5.78. The Hall–Kier alpha value is -1.63. The smallest absolute Gasteiger partial charge is 0.326 e. The number of aliphatic carboxylic acids is 1. The van der Waals surface area contributed by atoms with Gasteiger partial charge in [-0.3, -0.25) is 14.4 Å². The van der Waals surface area contributed by atoms with Crippen LogP contribution in [0.25, 0.3) is 0 Å². The van der Waals surface area contributed by atoms with Crippen molar-refractivity contribution in [2.75, 3.05) is 0 Å². The normalized spacial score (nSPS) is 15.2. The van der Waals surface area contributed by atoms with E-state index in [2.05, 4.69) is 0 Å². The number of ether oxygens (including phenoxy) is 2. The van der Waals surface area contributed by atoms with Crippen LogP contribution in [-0.4, -0.2) is 35.3 Å². The number of hydrogen-bond donors (Lipinski definition) is 2. The highest BCUT2D eigenvalue weighted by atomic mass is 16.7. The van der Waals surface area contributed by atoms with Gasteiger partial charge in [0.15, 0.2) is 0 Å². The fourth-order valence-corrected chi connectivity index (χ4v) is 2.12. The van der Waals surface area contributed by atoms with Crippen molar-refractivity contribution in [3.63, 3.8) is 0 Å². The minimum atomic E-state index is -1.08. The maximum absolute atomic E-state index is 12.3. The van der Waals surface area contributed by atoms with E-state index in [1.54, 1.807) is 27.7 Å². The summed E-state index contributed by atoms with van der Waals surface area (Å²) < 4.78 is 10.4. The molecule has 0 aliphatic carbocycles. The Kier molecular flexibility index (Phi) is 9.58. The van der Waals surface area contributed by atoms with Crippen molar-refractivity contribution < 1.29 is 29.0 Å². The number of carbonyl (C=O) groups excluding carboxylic acids is 2. The molecule has 140 valence electrons. The molecule has 7 heteroatoms. The average molecular weight is 345 g/mol. The Labute approximate surface area is 143 Å². The predicted molar refractivity (Wildman–Crippen MR) is 88.8 cm³/mol. The molecule has 3 unspecified atom stereocenters. The van der Waals surface area contributed by atoms with Gasteiger partial charge in [0.05, 0.1) is 12.3 Å². The molecule has 0 fully saturated rings. The summed E-state index contributed by atoms with van der Waals surface area (Å²) in [6.07, 6.45) is -0.768. The van der Waals surface area contributed by atoms with Crippen LogP contribution in [0.5, 0.6) is 0 Å². The number of esters is 2. The van der Waals surface area contributed by atoms with Crippen LogP contribution < -0.4 is 5.73 Å². The summed E-state index contributed by atoms with van der Waals surface area (Å²) >= 11 is 0. The lowest BCUT2D eigenvalue weighted by Crippen LogP contribution is -2.44. The molecule has 0 amide bonds. The molecule has 7 nitrogen and oxygen atoms in total. The van der Waals surface area contributed by atoms with Gasteiger partial charge in [-0.25, -0.2) is 0 Å². The second-order valence-electron chi connectivity index (χ2n) is 7.15. The highest BCUT2D eigenvalue weighted by Gasteiger charge is 2.32. The van der Waals surface area contributed by atoms with Gasteiger partial charge in [-0.2, -0.15) is 0 Å². The average Bonchev–Trinajstić information content (AvgIpc) is 2.43. The van der Waals surface area contributed by atoms with Gasteiger partial charge in [0.25, 0.3) is 0 Å². The number of nitrogens with two attached hydrogens (primary N) is 1. The van der Waals surface area contributed by atoms with Gasteiger partial charge in [0.1, 0.15) is 6.04 Å². The summed E-state index contributed by atoms with van der Waals surface area (Å²) in [5, 5.41) is 9.00. The number of carbonyl (C=O) groups is 3. The molecule has 24 heavy (non-hydrogen) atoms.